The molecule has 0 aliphatic rings. The van der Waals surface area contributed by atoms with Gasteiger partial charge in [-0.3, -0.25) is 4.98 Å². The van der Waals surface area contributed by atoms with Crippen LogP contribution in [-0.2, 0) is 6.42 Å². The maximum Gasteiger partial charge on any atom is 0.140 e. The molecule has 0 aliphatic carbocycles. The van der Waals surface area contributed by atoms with E-state index in [1.54, 1.807) is 0 Å². The van der Waals surface area contributed by atoms with Crippen LogP contribution in [0.5, 0.6) is 5.75 Å². The molecule has 3 nitrogen and oxygen atoms in total. The van der Waals surface area contributed by atoms with Gasteiger partial charge < -0.3 is 9.84 Å². The third-order valence-corrected chi connectivity index (χ3v) is 1.97. The van der Waals surface area contributed by atoms with Crippen molar-refractivity contribution in [2.75, 3.05) is 13.2 Å². The highest BCUT2D eigenvalue weighted by atomic mass is 16.5. The summed E-state index contributed by atoms with van der Waals surface area (Å²) >= 11 is 0. The summed E-state index contributed by atoms with van der Waals surface area (Å²) in [7, 11) is 0. The van der Waals surface area contributed by atoms with E-state index < -0.39 is 0 Å². The minimum absolute atomic E-state index is 0.167. The van der Waals surface area contributed by atoms with Crippen molar-refractivity contribution >= 4 is 0 Å². The van der Waals surface area contributed by atoms with Gasteiger partial charge >= 0.3 is 0 Å². The normalized spacial score (nSPS) is 10.2. The summed E-state index contributed by atoms with van der Waals surface area (Å²) in [6, 6.07) is 3.88. The molecule has 14 heavy (non-hydrogen) atoms. The Kier molecular flexibility index (Phi) is 4.40. The van der Waals surface area contributed by atoms with Crippen LogP contribution in [0.15, 0.2) is 12.1 Å². The molecule has 0 spiro atoms. The van der Waals surface area contributed by atoms with Gasteiger partial charge in [0.25, 0.3) is 0 Å². The largest absolute Gasteiger partial charge is 0.492 e. The Morgan fingerprint density at radius 3 is 2.86 bits per heavy atom. The minimum atomic E-state index is 0.167. The third-order valence-electron chi connectivity index (χ3n) is 1.97. The van der Waals surface area contributed by atoms with Crippen molar-refractivity contribution in [2.24, 2.45) is 0 Å². The van der Waals surface area contributed by atoms with E-state index in [1.807, 2.05) is 19.1 Å². The summed E-state index contributed by atoms with van der Waals surface area (Å²) in [5.74, 6) is 0.839. The lowest BCUT2D eigenvalue weighted by atomic mass is 10.2. The molecule has 0 unspecified atom stereocenters. The Morgan fingerprint density at radius 2 is 2.21 bits per heavy atom. The summed E-state index contributed by atoms with van der Waals surface area (Å²) in [6.45, 7) is 4.74. The molecule has 1 heterocycles. The highest BCUT2D eigenvalue weighted by molar-refractivity contribution is 5.29. The van der Waals surface area contributed by atoms with Crippen LogP contribution >= 0.6 is 0 Å². The SMILES string of the molecule is CCc1nc(C)ccc1OCCCO. The predicted molar refractivity (Wildman–Crippen MR) is 55.5 cm³/mol. The average Bonchev–Trinajstić information content (AvgIpc) is 2.20. The van der Waals surface area contributed by atoms with Gasteiger partial charge in [0, 0.05) is 18.7 Å². The first-order chi connectivity index (χ1) is 6.77. The van der Waals surface area contributed by atoms with Gasteiger partial charge in [0.2, 0.25) is 0 Å². The highest BCUT2D eigenvalue weighted by Crippen LogP contribution is 2.17. The average molecular weight is 195 g/mol. The third kappa shape index (κ3) is 3.00. The number of aryl methyl sites for hydroxylation is 2. The van der Waals surface area contributed by atoms with Crippen LogP contribution in [0.3, 0.4) is 0 Å². The van der Waals surface area contributed by atoms with Gasteiger partial charge in [-0.05, 0) is 25.5 Å². The van der Waals surface area contributed by atoms with Gasteiger partial charge in [0.05, 0.1) is 12.3 Å². The fourth-order valence-corrected chi connectivity index (χ4v) is 1.23. The molecule has 0 saturated heterocycles. The van der Waals surface area contributed by atoms with E-state index in [-0.39, 0.29) is 6.61 Å². The number of ether oxygens (including phenoxy) is 1. The number of aliphatic hydroxyl groups is 1. The molecule has 78 valence electrons. The molecule has 1 aromatic heterocycles. The van der Waals surface area contributed by atoms with E-state index in [2.05, 4.69) is 11.9 Å². The Hall–Kier alpha value is -1.09. The molecule has 0 amide bonds. The smallest absolute Gasteiger partial charge is 0.140 e. The van der Waals surface area contributed by atoms with Crippen LogP contribution in [-0.4, -0.2) is 23.3 Å². The summed E-state index contributed by atoms with van der Waals surface area (Å²) < 4.78 is 5.50. The Morgan fingerprint density at radius 1 is 1.43 bits per heavy atom. The molecule has 1 aromatic rings. The maximum absolute atomic E-state index is 8.62. The van der Waals surface area contributed by atoms with Crippen molar-refractivity contribution in [3.8, 4) is 5.75 Å². The molecule has 0 aromatic carbocycles. The lowest BCUT2D eigenvalue weighted by Crippen LogP contribution is -2.03. The Balaban J connectivity index is 2.65. The van der Waals surface area contributed by atoms with Crippen molar-refractivity contribution in [3.05, 3.63) is 23.5 Å². The van der Waals surface area contributed by atoms with Crippen LogP contribution in [0.2, 0.25) is 0 Å². The molecule has 0 saturated carbocycles. The summed E-state index contributed by atoms with van der Waals surface area (Å²) in [5.41, 5.74) is 2.00. The van der Waals surface area contributed by atoms with Gasteiger partial charge in [-0.1, -0.05) is 6.92 Å². The molecule has 0 fully saturated rings. The first-order valence-electron chi connectivity index (χ1n) is 4.98. The quantitative estimate of drug-likeness (QED) is 0.727. The fraction of sp³-hybridized carbons (Fsp3) is 0.545. The molecule has 0 bridgehead atoms. The standard InChI is InChI=1S/C11H17NO2/c1-3-10-11(14-8-4-7-13)6-5-9(2)12-10/h5-6,13H,3-4,7-8H2,1-2H3. The molecular weight excluding hydrogens is 178 g/mol. The Labute approximate surface area is 84.7 Å². The van der Waals surface area contributed by atoms with Gasteiger partial charge in [-0.25, -0.2) is 0 Å². The zero-order chi connectivity index (χ0) is 10.4. The molecule has 0 aliphatic heterocycles. The van der Waals surface area contributed by atoms with Crippen molar-refractivity contribution in [2.45, 2.75) is 26.7 Å². The van der Waals surface area contributed by atoms with Gasteiger partial charge in [0.1, 0.15) is 5.75 Å². The predicted octanol–water partition coefficient (Wildman–Crippen LogP) is 1.71. The molecule has 0 radical (unpaired) electrons. The molecule has 1 N–H and O–H groups in total. The zero-order valence-corrected chi connectivity index (χ0v) is 8.79. The number of hydrogen-bond donors (Lipinski definition) is 1. The minimum Gasteiger partial charge on any atom is -0.492 e. The lowest BCUT2D eigenvalue weighted by Gasteiger charge is -2.09. The van der Waals surface area contributed by atoms with Crippen LogP contribution in [0.4, 0.5) is 0 Å². The highest BCUT2D eigenvalue weighted by Gasteiger charge is 2.02. The van der Waals surface area contributed by atoms with Crippen molar-refractivity contribution in [1.29, 1.82) is 0 Å². The maximum atomic E-state index is 8.62. The van der Waals surface area contributed by atoms with Gasteiger partial charge in [-0.15, -0.1) is 0 Å². The lowest BCUT2D eigenvalue weighted by molar-refractivity contribution is 0.232. The summed E-state index contributed by atoms with van der Waals surface area (Å²) in [6.07, 6.45) is 1.53. The zero-order valence-electron chi connectivity index (χ0n) is 8.79. The second-order valence-corrected chi connectivity index (χ2v) is 3.18. The van der Waals surface area contributed by atoms with E-state index in [1.165, 1.54) is 0 Å². The van der Waals surface area contributed by atoms with Crippen LogP contribution in [0.1, 0.15) is 24.7 Å². The number of rotatable bonds is 5. The summed E-state index contributed by atoms with van der Waals surface area (Å²) in [5, 5.41) is 8.62. The van der Waals surface area contributed by atoms with E-state index >= 15 is 0 Å². The van der Waals surface area contributed by atoms with Crippen molar-refractivity contribution in [3.63, 3.8) is 0 Å². The number of aliphatic hydroxyl groups excluding tert-OH is 1. The molecular formula is C11H17NO2. The Bertz CT molecular complexity index is 287. The number of pyridine rings is 1. The first-order valence-corrected chi connectivity index (χ1v) is 4.98. The van der Waals surface area contributed by atoms with E-state index in [4.69, 9.17) is 9.84 Å². The van der Waals surface area contributed by atoms with Crippen LogP contribution in [0, 0.1) is 6.92 Å². The number of nitrogens with zero attached hydrogens (tertiary/aromatic N) is 1. The first kappa shape index (κ1) is 11.0. The second kappa shape index (κ2) is 5.60. The molecule has 3 heteroatoms. The van der Waals surface area contributed by atoms with E-state index in [9.17, 15) is 0 Å². The molecule has 0 atom stereocenters. The van der Waals surface area contributed by atoms with Gasteiger partial charge in [0.15, 0.2) is 0 Å². The van der Waals surface area contributed by atoms with E-state index in [0.717, 1.165) is 23.6 Å². The van der Waals surface area contributed by atoms with Crippen LogP contribution in [0.25, 0.3) is 0 Å². The second-order valence-electron chi connectivity index (χ2n) is 3.18. The van der Waals surface area contributed by atoms with Gasteiger partial charge in [-0.2, -0.15) is 0 Å². The topological polar surface area (TPSA) is 42.4 Å². The van der Waals surface area contributed by atoms with Crippen molar-refractivity contribution < 1.29 is 9.84 Å². The fourth-order valence-electron chi connectivity index (χ4n) is 1.23. The molecule has 1 rings (SSSR count). The number of aromatic nitrogens is 1. The van der Waals surface area contributed by atoms with Crippen molar-refractivity contribution in [1.82, 2.24) is 4.98 Å². The summed E-state index contributed by atoms with van der Waals surface area (Å²) in [4.78, 5) is 4.38. The monoisotopic (exact) mass is 195 g/mol. The van der Waals surface area contributed by atoms with Crippen LogP contribution < -0.4 is 4.74 Å². The number of hydrogen-bond acceptors (Lipinski definition) is 3. The van der Waals surface area contributed by atoms with E-state index in [0.29, 0.717) is 13.0 Å².